The summed E-state index contributed by atoms with van der Waals surface area (Å²) >= 11 is 0. The van der Waals surface area contributed by atoms with Crippen LogP contribution in [-0.2, 0) is 20.6 Å². The third kappa shape index (κ3) is 1.78. The number of alkyl halides is 2. The maximum absolute atomic E-state index is 12.9. The summed E-state index contributed by atoms with van der Waals surface area (Å²) in [7, 11) is 2.91. The summed E-state index contributed by atoms with van der Waals surface area (Å²) < 4.78 is 29.6. The van der Waals surface area contributed by atoms with Crippen molar-refractivity contribution in [2.75, 3.05) is 0 Å². The molecular weight excluding hydrogens is 270 g/mol. The Balaban J connectivity index is 2.06. The SMILES string of the molecule is Cn1c(=O)c2c(ncn2CC2CC(F)(F)C2)n(C)c1=O. The van der Waals surface area contributed by atoms with Crippen LogP contribution in [0, 0.1) is 5.92 Å². The van der Waals surface area contributed by atoms with E-state index in [1.807, 2.05) is 0 Å². The molecule has 20 heavy (non-hydrogen) atoms. The van der Waals surface area contributed by atoms with Gasteiger partial charge in [-0.3, -0.25) is 13.9 Å². The van der Waals surface area contributed by atoms with E-state index >= 15 is 0 Å². The van der Waals surface area contributed by atoms with Crippen LogP contribution in [0.5, 0.6) is 0 Å². The molecule has 0 aliphatic heterocycles. The van der Waals surface area contributed by atoms with Gasteiger partial charge in [-0.25, -0.2) is 18.6 Å². The molecule has 0 aromatic carbocycles. The molecule has 1 aliphatic carbocycles. The van der Waals surface area contributed by atoms with Crippen molar-refractivity contribution in [2.45, 2.75) is 25.3 Å². The zero-order valence-corrected chi connectivity index (χ0v) is 11.1. The molecule has 8 heteroatoms. The summed E-state index contributed by atoms with van der Waals surface area (Å²) in [5, 5.41) is 0. The molecule has 0 unspecified atom stereocenters. The fourth-order valence-electron chi connectivity index (χ4n) is 2.73. The van der Waals surface area contributed by atoms with Crippen LogP contribution in [0.25, 0.3) is 11.2 Å². The van der Waals surface area contributed by atoms with Gasteiger partial charge in [-0.1, -0.05) is 0 Å². The molecular formula is C12H14F2N4O2. The summed E-state index contributed by atoms with van der Waals surface area (Å²) in [6.45, 7) is 0.319. The summed E-state index contributed by atoms with van der Waals surface area (Å²) in [5.41, 5.74) is -0.344. The van der Waals surface area contributed by atoms with Crippen molar-refractivity contribution in [1.82, 2.24) is 18.7 Å². The number of nitrogens with zero attached hydrogens (tertiary/aromatic N) is 4. The quantitative estimate of drug-likeness (QED) is 0.806. The third-order valence-electron chi connectivity index (χ3n) is 3.85. The van der Waals surface area contributed by atoms with Crippen LogP contribution >= 0.6 is 0 Å². The first-order valence-corrected chi connectivity index (χ1v) is 6.29. The number of halogens is 2. The molecule has 0 saturated heterocycles. The fourth-order valence-corrected chi connectivity index (χ4v) is 2.73. The van der Waals surface area contributed by atoms with Crippen LogP contribution in [0.3, 0.4) is 0 Å². The Kier molecular flexibility index (Phi) is 2.60. The molecule has 1 aliphatic rings. The van der Waals surface area contributed by atoms with E-state index in [1.54, 1.807) is 4.57 Å². The Labute approximate surface area is 112 Å². The molecule has 3 rings (SSSR count). The zero-order chi connectivity index (χ0) is 14.7. The van der Waals surface area contributed by atoms with Gasteiger partial charge in [0.15, 0.2) is 11.2 Å². The van der Waals surface area contributed by atoms with Crippen LogP contribution in [0.4, 0.5) is 8.78 Å². The summed E-state index contributed by atoms with van der Waals surface area (Å²) in [5.74, 6) is -2.75. The Bertz CT molecular complexity index is 794. The molecule has 2 aromatic rings. The lowest BCUT2D eigenvalue weighted by atomic mass is 9.81. The van der Waals surface area contributed by atoms with Crippen molar-refractivity contribution in [3.8, 4) is 0 Å². The van der Waals surface area contributed by atoms with Crippen LogP contribution in [0.15, 0.2) is 15.9 Å². The summed E-state index contributed by atoms with van der Waals surface area (Å²) in [6.07, 6.45) is 1.10. The van der Waals surface area contributed by atoms with E-state index < -0.39 is 17.2 Å². The Morgan fingerprint density at radius 1 is 1.30 bits per heavy atom. The molecule has 1 saturated carbocycles. The normalized spacial score (nSPS) is 18.4. The van der Waals surface area contributed by atoms with Gasteiger partial charge in [0.25, 0.3) is 5.56 Å². The van der Waals surface area contributed by atoms with Crippen molar-refractivity contribution in [3.63, 3.8) is 0 Å². The van der Waals surface area contributed by atoms with E-state index in [-0.39, 0.29) is 29.9 Å². The van der Waals surface area contributed by atoms with E-state index in [0.29, 0.717) is 6.54 Å². The molecule has 0 N–H and O–H groups in total. The van der Waals surface area contributed by atoms with Crippen LogP contribution in [0.2, 0.25) is 0 Å². The van der Waals surface area contributed by atoms with Gasteiger partial charge < -0.3 is 4.57 Å². The molecule has 0 bridgehead atoms. The average Bonchev–Trinajstić information content (AvgIpc) is 2.75. The molecule has 108 valence electrons. The Hall–Kier alpha value is -1.99. The van der Waals surface area contributed by atoms with Crippen molar-refractivity contribution >= 4 is 11.2 Å². The third-order valence-corrected chi connectivity index (χ3v) is 3.85. The number of hydrogen-bond donors (Lipinski definition) is 0. The summed E-state index contributed by atoms with van der Waals surface area (Å²) in [6, 6.07) is 0. The molecule has 1 fully saturated rings. The topological polar surface area (TPSA) is 61.8 Å². The van der Waals surface area contributed by atoms with Gasteiger partial charge in [-0.15, -0.1) is 0 Å². The molecule has 0 atom stereocenters. The molecule has 2 heterocycles. The van der Waals surface area contributed by atoms with Gasteiger partial charge in [-0.05, 0) is 5.92 Å². The van der Waals surface area contributed by atoms with E-state index in [2.05, 4.69) is 4.98 Å². The van der Waals surface area contributed by atoms with E-state index in [9.17, 15) is 18.4 Å². The highest BCUT2D eigenvalue weighted by molar-refractivity contribution is 5.69. The molecule has 6 nitrogen and oxygen atoms in total. The van der Waals surface area contributed by atoms with Gasteiger partial charge in [-0.2, -0.15) is 0 Å². The predicted molar refractivity (Wildman–Crippen MR) is 67.9 cm³/mol. The number of fused-ring (bicyclic) bond motifs is 1. The molecule has 0 radical (unpaired) electrons. The highest BCUT2D eigenvalue weighted by atomic mass is 19.3. The first kappa shape index (κ1) is 13.0. The van der Waals surface area contributed by atoms with Gasteiger partial charge in [0.1, 0.15) is 0 Å². The molecule has 0 spiro atoms. The first-order valence-electron chi connectivity index (χ1n) is 6.29. The highest BCUT2D eigenvalue weighted by Gasteiger charge is 2.45. The second-order valence-corrected chi connectivity index (χ2v) is 5.41. The predicted octanol–water partition coefficient (Wildman–Crippen LogP) is 0.479. The monoisotopic (exact) mass is 284 g/mol. The van der Waals surface area contributed by atoms with Crippen LogP contribution < -0.4 is 11.2 Å². The smallest absolute Gasteiger partial charge is 0.324 e. The molecule has 2 aromatic heterocycles. The standard InChI is InChI=1S/C12H14F2N4O2/c1-16-9-8(10(19)17(2)11(16)20)18(6-15-9)5-7-3-12(13,14)4-7/h6-7H,3-5H2,1-2H3. The van der Waals surface area contributed by atoms with Crippen molar-refractivity contribution in [1.29, 1.82) is 0 Å². The Morgan fingerprint density at radius 2 is 1.95 bits per heavy atom. The minimum absolute atomic E-state index is 0.163. The fraction of sp³-hybridized carbons (Fsp3) is 0.583. The van der Waals surface area contributed by atoms with Gasteiger partial charge in [0, 0.05) is 33.5 Å². The number of rotatable bonds is 2. The van der Waals surface area contributed by atoms with Crippen LogP contribution in [-0.4, -0.2) is 24.6 Å². The van der Waals surface area contributed by atoms with Crippen LogP contribution in [0.1, 0.15) is 12.8 Å². The first-order chi connectivity index (χ1) is 9.30. The maximum atomic E-state index is 12.9. The minimum atomic E-state index is -2.58. The number of imidazole rings is 1. The maximum Gasteiger partial charge on any atom is 0.332 e. The van der Waals surface area contributed by atoms with Gasteiger partial charge in [0.2, 0.25) is 5.92 Å². The van der Waals surface area contributed by atoms with Gasteiger partial charge in [0.05, 0.1) is 6.33 Å². The lowest BCUT2D eigenvalue weighted by Crippen LogP contribution is -2.39. The number of hydrogen-bond acceptors (Lipinski definition) is 3. The minimum Gasteiger partial charge on any atom is -0.324 e. The van der Waals surface area contributed by atoms with Crippen molar-refractivity contribution < 1.29 is 8.78 Å². The van der Waals surface area contributed by atoms with Crippen molar-refractivity contribution in [2.24, 2.45) is 20.0 Å². The number of aryl methyl sites for hydroxylation is 1. The lowest BCUT2D eigenvalue weighted by molar-refractivity contribution is -0.113. The lowest BCUT2D eigenvalue weighted by Gasteiger charge is -2.35. The largest absolute Gasteiger partial charge is 0.332 e. The van der Waals surface area contributed by atoms with Gasteiger partial charge >= 0.3 is 5.69 Å². The average molecular weight is 284 g/mol. The Morgan fingerprint density at radius 3 is 2.55 bits per heavy atom. The highest BCUT2D eigenvalue weighted by Crippen LogP contribution is 2.43. The second-order valence-electron chi connectivity index (χ2n) is 5.41. The zero-order valence-electron chi connectivity index (χ0n) is 11.1. The second kappa shape index (κ2) is 4.00. The van der Waals surface area contributed by atoms with Crippen molar-refractivity contribution in [3.05, 3.63) is 27.2 Å². The number of aromatic nitrogens is 4. The van der Waals surface area contributed by atoms with E-state index in [1.165, 1.54) is 25.0 Å². The summed E-state index contributed by atoms with van der Waals surface area (Å²) in [4.78, 5) is 28.0. The molecule has 0 amide bonds. The van der Waals surface area contributed by atoms with E-state index in [0.717, 1.165) is 4.57 Å². The van der Waals surface area contributed by atoms with E-state index in [4.69, 9.17) is 0 Å².